The van der Waals surface area contributed by atoms with Gasteiger partial charge in [0.1, 0.15) is 0 Å². The summed E-state index contributed by atoms with van der Waals surface area (Å²) >= 11 is 1.73. The van der Waals surface area contributed by atoms with Gasteiger partial charge in [0, 0.05) is 16.5 Å². The van der Waals surface area contributed by atoms with Crippen molar-refractivity contribution in [1.29, 1.82) is 0 Å². The van der Waals surface area contributed by atoms with E-state index in [1.807, 2.05) is 17.8 Å². The molecule has 1 aliphatic carbocycles. The molecule has 0 fully saturated rings. The van der Waals surface area contributed by atoms with E-state index in [9.17, 15) is 0 Å². The Hall–Kier alpha value is -1.33. The van der Waals surface area contributed by atoms with Crippen LogP contribution in [0.1, 0.15) is 17.4 Å². The Morgan fingerprint density at radius 3 is 3.17 bits per heavy atom. The van der Waals surface area contributed by atoms with Gasteiger partial charge in [-0.3, -0.25) is 4.68 Å². The van der Waals surface area contributed by atoms with Crippen molar-refractivity contribution in [3.63, 3.8) is 0 Å². The SMILES string of the molecule is CCOc1cc2c(s1)CCc1cnn(CCO)c1-2. The van der Waals surface area contributed by atoms with Gasteiger partial charge in [-0.2, -0.15) is 5.10 Å². The molecular formula is C13H16N2O2S. The van der Waals surface area contributed by atoms with Crippen LogP contribution in [0.25, 0.3) is 11.3 Å². The number of nitrogens with zero attached hydrogens (tertiary/aromatic N) is 2. The Bertz CT molecular complexity index is 559. The number of hydrogen-bond donors (Lipinski definition) is 1. The average molecular weight is 264 g/mol. The highest BCUT2D eigenvalue weighted by molar-refractivity contribution is 7.14. The minimum absolute atomic E-state index is 0.117. The van der Waals surface area contributed by atoms with Crippen molar-refractivity contribution in [1.82, 2.24) is 9.78 Å². The van der Waals surface area contributed by atoms with E-state index in [1.54, 1.807) is 11.3 Å². The lowest BCUT2D eigenvalue weighted by molar-refractivity contribution is 0.270. The minimum Gasteiger partial charge on any atom is -0.484 e. The van der Waals surface area contributed by atoms with E-state index in [0.29, 0.717) is 13.2 Å². The van der Waals surface area contributed by atoms with Gasteiger partial charge in [-0.15, -0.1) is 11.3 Å². The van der Waals surface area contributed by atoms with Crippen molar-refractivity contribution in [3.8, 4) is 16.3 Å². The summed E-state index contributed by atoms with van der Waals surface area (Å²) in [5, 5.41) is 14.4. The van der Waals surface area contributed by atoms with E-state index < -0.39 is 0 Å². The third kappa shape index (κ3) is 1.83. The molecule has 0 aliphatic heterocycles. The Morgan fingerprint density at radius 1 is 1.50 bits per heavy atom. The fraction of sp³-hybridized carbons (Fsp3) is 0.462. The number of aliphatic hydroxyl groups is 1. The molecule has 96 valence electrons. The number of fused-ring (bicyclic) bond motifs is 3. The Labute approximate surface area is 110 Å². The van der Waals surface area contributed by atoms with Crippen LogP contribution >= 0.6 is 11.3 Å². The lowest BCUT2D eigenvalue weighted by atomic mass is 9.97. The van der Waals surface area contributed by atoms with Gasteiger partial charge in [0.15, 0.2) is 5.06 Å². The molecular weight excluding hydrogens is 248 g/mol. The van der Waals surface area contributed by atoms with E-state index >= 15 is 0 Å². The van der Waals surface area contributed by atoms with Gasteiger partial charge in [0.25, 0.3) is 0 Å². The van der Waals surface area contributed by atoms with E-state index in [-0.39, 0.29) is 6.61 Å². The summed E-state index contributed by atoms with van der Waals surface area (Å²) in [6, 6.07) is 2.11. The van der Waals surface area contributed by atoms with Gasteiger partial charge in [-0.1, -0.05) is 0 Å². The van der Waals surface area contributed by atoms with Gasteiger partial charge in [-0.05, 0) is 25.3 Å². The summed E-state index contributed by atoms with van der Waals surface area (Å²) in [5.41, 5.74) is 3.67. The summed E-state index contributed by atoms with van der Waals surface area (Å²) in [4.78, 5) is 1.37. The minimum atomic E-state index is 0.117. The number of aliphatic hydroxyl groups excluding tert-OH is 1. The zero-order valence-corrected chi connectivity index (χ0v) is 11.2. The van der Waals surface area contributed by atoms with Crippen LogP contribution in [-0.4, -0.2) is 28.1 Å². The molecule has 0 radical (unpaired) electrons. The Balaban J connectivity index is 2.05. The summed E-state index contributed by atoms with van der Waals surface area (Å²) in [7, 11) is 0. The van der Waals surface area contributed by atoms with Crippen molar-refractivity contribution in [2.75, 3.05) is 13.2 Å². The van der Waals surface area contributed by atoms with Gasteiger partial charge < -0.3 is 9.84 Å². The molecule has 0 saturated heterocycles. The molecule has 0 unspecified atom stereocenters. The Morgan fingerprint density at radius 2 is 2.39 bits per heavy atom. The highest BCUT2D eigenvalue weighted by atomic mass is 32.1. The highest BCUT2D eigenvalue weighted by Gasteiger charge is 2.23. The molecule has 18 heavy (non-hydrogen) atoms. The molecule has 2 heterocycles. The summed E-state index contributed by atoms with van der Waals surface area (Å²) in [6.45, 7) is 3.36. The molecule has 5 heteroatoms. The van der Waals surface area contributed by atoms with E-state index in [4.69, 9.17) is 9.84 Å². The van der Waals surface area contributed by atoms with Crippen molar-refractivity contribution >= 4 is 11.3 Å². The largest absolute Gasteiger partial charge is 0.484 e. The second-order valence-corrected chi connectivity index (χ2v) is 5.40. The number of aryl methyl sites for hydroxylation is 2. The highest BCUT2D eigenvalue weighted by Crippen LogP contribution is 2.41. The quantitative estimate of drug-likeness (QED) is 0.920. The first-order valence-corrected chi connectivity index (χ1v) is 7.06. The van der Waals surface area contributed by atoms with Crippen LogP contribution in [0.5, 0.6) is 5.06 Å². The first kappa shape index (κ1) is 11.7. The number of ether oxygens (including phenoxy) is 1. The van der Waals surface area contributed by atoms with E-state index in [2.05, 4.69) is 11.2 Å². The van der Waals surface area contributed by atoms with Crippen molar-refractivity contribution in [3.05, 3.63) is 22.7 Å². The molecule has 2 aromatic rings. The topological polar surface area (TPSA) is 47.3 Å². The summed E-state index contributed by atoms with van der Waals surface area (Å²) in [6.07, 6.45) is 4.01. The number of thiophene rings is 1. The molecule has 0 spiro atoms. The van der Waals surface area contributed by atoms with Crippen molar-refractivity contribution < 1.29 is 9.84 Å². The maximum absolute atomic E-state index is 9.09. The number of rotatable bonds is 4. The van der Waals surface area contributed by atoms with Crippen molar-refractivity contribution in [2.45, 2.75) is 26.3 Å². The smallest absolute Gasteiger partial charge is 0.174 e. The van der Waals surface area contributed by atoms with Crippen LogP contribution in [0.4, 0.5) is 0 Å². The van der Waals surface area contributed by atoms with Gasteiger partial charge >= 0.3 is 0 Å². The van der Waals surface area contributed by atoms with Crippen molar-refractivity contribution in [2.24, 2.45) is 0 Å². The third-order valence-corrected chi connectivity index (χ3v) is 4.28. The van der Waals surface area contributed by atoms with Crippen LogP contribution in [-0.2, 0) is 19.4 Å². The summed E-state index contributed by atoms with van der Waals surface area (Å²) in [5.74, 6) is 0. The van der Waals surface area contributed by atoms with E-state index in [1.165, 1.54) is 16.0 Å². The van der Waals surface area contributed by atoms with Gasteiger partial charge in [-0.25, -0.2) is 0 Å². The number of hydrogen-bond acceptors (Lipinski definition) is 4. The zero-order chi connectivity index (χ0) is 12.5. The maximum Gasteiger partial charge on any atom is 0.174 e. The lowest BCUT2D eigenvalue weighted by Crippen LogP contribution is -2.08. The fourth-order valence-electron chi connectivity index (χ4n) is 2.44. The molecule has 0 aromatic carbocycles. The summed E-state index contributed by atoms with van der Waals surface area (Å²) < 4.78 is 7.49. The van der Waals surface area contributed by atoms with E-state index in [0.717, 1.165) is 23.6 Å². The van der Waals surface area contributed by atoms with Crippen LogP contribution < -0.4 is 4.74 Å². The average Bonchev–Trinajstić information content (AvgIpc) is 2.93. The van der Waals surface area contributed by atoms with Crippen LogP contribution in [0, 0.1) is 0 Å². The zero-order valence-electron chi connectivity index (χ0n) is 10.3. The molecule has 0 amide bonds. The normalized spacial score (nSPS) is 13.2. The predicted molar refractivity (Wildman–Crippen MR) is 71.2 cm³/mol. The predicted octanol–water partition coefficient (Wildman–Crippen LogP) is 2.10. The second-order valence-electron chi connectivity index (χ2n) is 4.30. The molecule has 0 atom stereocenters. The van der Waals surface area contributed by atoms with Gasteiger partial charge in [0.05, 0.1) is 31.6 Å². The third-order valence-electron chi connectivity index (χ3n) is 3.18. The van der Waals surface area contributed by atoms with Crippen LogP contribution in [0.2, 0.25) is 0 Å². The molecule has 2 aromatic heterocycles. The Kier molecular flexibility index (Phi) is 3.09. The number of aromatic nitrogens is 2. The standard InChI is InChI=1S/C13H16N2O2S/c1-2-17-12-7-10-11(18-12)4-3-9-8-14-15(5-6-16)13(9)10/h7-8,16H,2-6H2,1H3. The molecule has 3 rings (SSSR count). The van der Waals surface area contributed by atoms with Crippen LogP contribution in [0.15, 0.2) is 12.3 Å². The molecule has 0 bridgehead atoms. The first-order valence-electron chi connectivity index (χ1n) is 6.25. The van der Waals surface area contributed by atoms with Crippen LogP contribution in [0.3, 0.4) is 0 Å². The first-order chi connectivity index (χ1) is 8.83. The molecule has 4 nitrogen and oxygen atoms in total. The molecule has 0 saturated carbocycles. The monoisotopic (exact) mass is 264 g/mol. The lowest BCUT2D eigenvalue weighted by Gasteiger charge is -2.13. The second kappa shape index (κ2) is 4.74. The van der Waals surface area contributed by atoms with Gasteiger partial charge in [0.2, 0.25) is 0 Å². The molecule has 1 aliphatic rings. The maximum atomic E-state index is 9.09. The fourth-order valence-corrected chi connectivity index (χ4v) is 3.50. The molecule has 1 N–H and O–H groups in total.